The first-order valence-corrected chi connectivity index (χ1v) is 5.96. The molecule has 0 amide bonds. The quantitative estimate of drug-likeness (QED) is 0.630. The van der Waals surface area contributed by atoms with E-state index in [1.54, 1.807) is 12.1 Å². The number of anilines is 1. The summed E-state index contributed by atoms with van der Waals surface area (Å²) in [6.07, 6.45) is 2.97. The van der Waals surface area contributed by atoms with Gasteiger partial charge in [0.2, 0.25) is 0 Å². The minimum absolute atomic E-state index is 0.0217. The fourth-order valence-corrected chi connectivity index (χ4v) is 2.28. The molecule has 1 aromatic carbocycles. The van der Waals surface area contributed by atoms with E-state index in [1.807, 2.05) is 0 Å². The van der Waals surface area contributed by atoms with Crippen molar-refractivity contribution >= 4 is 11.4 Å². The number of ether oxygens (including phenoxy) is 1. The van der Waals surface area contributed by atoms with E-state index in [-0.39, 0.29) is 17.8 Å². The Morgan fingerprint density at radius 1 is 1.50 bits per heavy atom. The van der Waals surface area contributed by atoms with Gasteiger partial charge in [-0.05, 0) is 31.4 Å². The molecule has 0 aromatic heterocycles. The number of hydrogen-bond donors (Lipinski definition) is 2. The molecule has 3 N–H and O–H groups in total. The van der Waals surface area contributed by atoms with E-state index in [0.29, 0.717) is 11.4 Å². The summed E-state index contributed by atoms with van der Waals surface area (Å²) in [5.74, 6) is 0.475. The van der Waals surface area contributed by atoms with Crippen molar-refractivity contribution in [2.24, 2.45) is 5.73 Å². The summed E-state index contributed by atoms with van der Waals surface area (Å²) in [5, 5.41) is 14.2. The summed E-state index contributed by atoms with van der Waals surface area (Å²) >= 11 is 0. The molecule has 18 heavy (non-hydrogen) atoms. The molecule has 1 saturated carbocycles. The van der Waals surface area contributed by atoms with Crippen LogP contribution in [0.3, 0.4) is 0 Å². The zero-order valence-corrected chi connectivity index (χ0v) is 10.3. The summed E-state index contributed by atoms with van der Waals surface area (Å²) < 4.78 is 4.99. The average molecular weight is 251 g/mol. The maximum Gasteiger partial charge on any atom is 0.296 e. The lowest BCUT2D eigenvalue weighted by Crippen LogP contribution is -2.35. The minimum Gasteiger partial charge on any atom is -0.496 e. The third-order valence-corrected chi connectivity index (χ3v) is 3.31. The number of nitrogens with one attached hydrogen (secondary N) is 1. The first kappa shape index (κ1) is 12.6. The monoisotopic (exact) mass is 251 g/mol. The highest BCUT2D eigenvalue weighted by Gasteiger charge is 2.26. The van der Waals surface area contributed by atoms with Crippen LogP contribution in [0.4, 0.5) is 11.4 Å². The van der Waals surface area contributed by atoms with E-state index in [1.165, 1.54) is 13.2 Å². The molecule has 0 bridgehead atoms. The molecule has 2 atom stereocenters. The van der Waals surface area contributed by atoms with Crippen molar-refractivity contribution in [3.05, 3.63) is 28.3 Å². The van der Waals surface area contributed by atoms with Gasteiger partial charge in [-0.15, -0.1) is 0 Å². The van der Waals surface area contributed by atoms with Crippen LogP contribution in [0.25, 0.3) is 0 Å². The number of nitro groups is 1. The lowest BCUT2D eigenvalue weighted by Gasteiger charge is -2.18. The van der Waals surface area contributed by atoms with E-state index in [0.717, 1.165) is 19.3 Å². The van der Waals surface area contributed by atoms with Crippen molar-refractivity contribution in [2.45, 2.75) is 31.3 Å². The van der Waals surface area contributed by atoms with Crippen LogP contribution in [0.1, 0.15) is 19.3 Å². The van der Waals surface area contributed by atoms with Crippen molar-refractivity contribution < 1.29 is 9.66 Å². The van der Waals surface area contributed by atoms with Gasteiger partial charge in [-0.3, -0.25) is 10.1 Å². The number of nitro benzene ring substituents is 1. The summed E-state index contributed by atoms with van der Waals surface area (Å²) in [6.45, 7) is 0. The number of benzene rings is 1. The summed E-state index contributed by atoms with van der Waals surface area (Å²) in [7, 11) is 1.49. The van der Waals surface area contributed by atoms with Gasteiger partial charge >= 0.3 is 0 Å². The summed E-state index contributed by atoms with van der Waals surface area (Å²) in [4.78, 5) is 10.6. The number of nitrogens with two attached hydrogens (primary N) is 1. The Morgan fingerprint density at radius 2 is 2.28 bits per heavy atom. The highest BCUT2D eigenvalue weighted by atomic mass is 16.6. The van der Waals surface area contributed by atoms with Gasteiger partial charge < -0.3 is 15.8 Å². The molecule has 1 aliphatic carbocycles. The van der Waals surface area contributed by atoms with E-state index >= 15 is 0 Å². The summed E-state index contributed by atoms with van der Waals surface area (Å²) in [6, 6.07) is 4.96. The second-order valence-corrected chi connectivity index (χ2v) is 4.49. The highest BCUT2D eigenvalue weighted by Crippen LogP contribution is 2.31. The maximum absolute atomic E-state index is 11.0. The second kappa shape index (κ2) is 5.22. The third-order valence-electron chi connectivity index (χ3n) is 3.31. The van der Waals surface area contributed by atoms with Crippen molar-refractivity contribution in [2.75, 3.05) is 12.4 Å². The lowest BCUT2D eigenvalue weighted by molar-refractivity contribution is -0.384. The van der Waals surface area contributed by atoms with Crippen LogP contribution < -0.4 is 15.8 Å². The predicted octanol–water partition coefficient (Wildman–Crippen LogP) is 1.90. The average Bonchev–Trinajstić information content (AvgIpc) is 2.75. The number of methoxy groups -OCH3 is 1. The molecule has 0 radical (unpaired) electrons. The lowest BCUT2D eigenvalue weighted by atomic mass is 10.1. The molecule has 0 heterocycles. The Morgan fingerprint density at radius 3 is 2.83 bits per heavy atom. The van der Waals surface area contributed by atoms with Crippen LogP contribution in [-0.4, -0.2) is 24.1 Å². The van der Waals surface area contributed by atoms with Crippen LogP contribution >= 0.6 is 0 Å². The number of rotatable bonds is 4. The largest absolute Gasteiger partial charge is 0.496 e. The standard InChI is InChI=1S/C12H17N3O3/c1-18-8-5-6-11(12(7-8)15(16)17)14-10-4-2-3-9(10)13/h5-7,9-10,14H,2-4,13H2,1H3. The van der Waals surface area contributed by atoms with E-state index < -0.39 is 4.92 Å². The minimum atomic E-state index is -0.411. The fraction of sp³-hybridized carbons (Fsp3) is 0.500. The van der Waals surface area contributed by atoms with Crippen LogP contribution in [0.2, 0.25) is 0 Å². The molecule has 0 saturated heterocycles. The van der Waals surface area contributed by atoms with E-state index in [2.05, 4.69) is 5.32 Å². The first-order valence-electron chi connectivity index (χ1n) is 5.96. The van der Waals surface area contributed by atoms with Crippen molar-refractivity contribution in [1.29, 1.82) is 0 Å². The molecule has 1 aromatic rings. The van der Waals surface area contributed by atoms with Crippen molar-refractivity contribution in [3.63, 3.8) is 0 Å². The Kier molecular flexibility index (Phi) is 3.66. The zero-order chi connectivity index (χ0) is 13.1. The third kappa shape index (κ3) is 2.53. The van der Waals surface area contributed by atoms with Crippen LogP contribution in [0, 0.1) is 10.1 Å². The van der Waals surface area contributed by atoms with Crippen molar-refractivity contribution in [1.82, 2.24) is 0 Å². The van der Waals surface area contributed by atoms with Crippen LogP contribution in [0.15, 0.2) is 18.2 Å². The van der Waals surface area contributed by atoms with Gasteiger partial charge in [0.15, 0.2) is 0 Å². The normalized spacial score (nSPS) is 22.8. The molecular formula is C12H17N3O3. The van der Waals surface area contributed by atoms with E-state index in [9.17, 15) is 10.1 Å². The Hall–Kier alpha value is -1.82. The fourth-order valence-electron chi connectivity index (χ4n) is 2.28. The van der Waals surface area contributed by atoms with Gasteiger partial charge in [0.05, 0.1) is 18.1 Å². The molecule has 1 aliphatic rings. The second-order valence-electron chi connectivity index (χ2n) is 4.49. The SMILES string of the molecule is COc1ccc(NC2CCCC2N)c([N+](=O)[O-])c1. The zero-order valence-electron chi connectivity index (χ0n) is 10.3. The smallest absolute Gasteiger partial charge is 0.296 e. The molecule has 6 nitrogen and oxygen atoms in total. The van der Waals surface area contributed by atoms with Gasteiger partial charge in [-0.25, -0.2) is 0 Å². The molecule has 2 rings (SSSR count). The topological polar surface area (TPSA) is 90.4 Å². The maximum atomic E-state index is 11.0. The Bertz CT molecular complexity index is 450. The predicted molar refractivity (Wildman–Crippen MR) is 68.9 cm³/mol. The molecule has 0 spiro atoms. The van der Waals surface area contributed by atoms with Gasteiger partial charge in [0.1, 0.15) is 11.4 Å². The van der Waals surface area contributed by atoms with Gasteiger partial charge in [0, 0.05) is 12.1 Å². The molecule has 2 unspecified atom stereocenters. The molecule has 98 valence electrons. The van der Waals surface area contributed by atoms with E-state index in [4.69, 9.17) is 10.5 Å². The Labute approximate surface area is 105 Å². The number of hydrogen-bond acceptors (Lipinski definition) is 5. The van der Waals surface area contributed by atoms with Gasteiger partial charge in [-0.2, -0.15) is 0 Å². The van der Waals surface area contributed by atoms with Crippen LogP contribution in [-0.2, 0) is 0 Å². The molecular weight excluding hydrogens is 234 g/mol. The molecule has 0 aliphatic heterocycles. The summed E-state index contributed by atoms with van der Waals surface area (Å²) in [5.41, 5.74) is 6.48. The number of nitrogens with zero attached hydrogens (tertiary/aromatic N) is 1. The van der Waals surface area contributed by atoms with Gasteiger partial charge in [-0.1, -0.05) is 0 Å². The molecule has 6 heteroatoms. The van der Waals surface area contributed by atoms with Gasteiger partial charge in [0.25, 0.3) is 5.69 Å². The Balaban J connectivity index is 2.23. The van der Waals surface area contributed by atoms with Crippen molar-refractivity contribution in [3.8, 4) is 5.75 Å². The van der Waals surface area contributed by atoms with Crippen LogP contribution in [0.5, 0.6) is 5.75 Å². The first-order chi connectivity index (χ1) is 8.61. The molecule has 1 fully saturated rings. The highest BCUT2D eigenvalue weighted by molar-refractivity contribution is 5.64.